The Morgan fingerprint density at radius 1 is 1.50 bits per heavy atom. The first-order valence-corrected chi connectivity index (χ1v) is 6.93. The Labute approximate surface area is 122 Å². The molecule has 0 saturated carbocycles. The molecular weight excluding hydrogens is 280 g/mol. The number of nitrogens with one attached hydrogen (secondary N) is 1. The summed E-state index contributed by atoms with van der Waals surface area (Å²) in [5.74, 6) is -0.528. The van der Waals surface area contributed by atoms with E-state index in [9.17, 15) is 14.7 Å². The summed E-state index contributed by atoms with van der Waals surface area (Å²) < 4.78 is 0. The average molecular weight is 297 g/mol. The van der Waals surface area contributed by atoms with E-state index >= 15 is 0 Å². The topological polar surface area (TPSA) is 69.6 Å². The number of carbonyl (C=O) groups excluding carboxylic acids is 2. The smallest absolute Gasteiger partial charge is 0.254 e. The molecule has 1 aromatic rings. The summed E-state index contributed by atoms with van der Waals surface area (Å²) in [5.41, 5.74) is 0.417. The van der Waals surface area contributed by atoms with E-state index in [0.29, 0.717) is 17.1 Å². The van der Waals surface area contributed by atoms with Gasteiger partial charge in [-0.25, -0.2) is 0 Å². The number of hydrogen-bond acceptors (Lipinski definition) is 3. The largest absolute Gasteiger partial charge is 0.391 e. The Balaban J connectivity index is 2.20. The summed E-state index contributed by atoms with van der Waals surface area (Å²) in [5, 5.41) is 12.9. The van der Waals surface area contributed by atoms with Crippen molar-refractivity contribution in [1.82, 2.24) is 10.2 Å². The summed E-state index contributed by atoms with van der Waals surface area (Å²) in [6.45, 7) is 2.46. The lowest BCUT2D eigenvalue weighted by Gasteiger charge is -2.23. The van der Waals surface area contributed by atoms with Crippen LogP contribution in [0.2, 0.25) is 5.02 Å². The zero-order valence-corrected chi connectivity index (χ0v) is 11.9. The molecule has 0 spiro atoms. The van der Waals surface area contributed by atoms with Crippen LogP contribution in [0.15, 0.2) is 24.3 Å². The number of aliphatic hydroxyl groups excluding tert-OH is 1. The van der Waals surface area contributed by atoms with Gasteiger partial charge in [-0.1, -0.05) is 17.7 Å². The second-order valence-corrected chi connectivity index (χ2v) is 5.20. The molecule has 5 nitrogen and oxygen atoms in total. The maximum absolute atomic E-state index is 12.4. The maximum atomic E-state index is 12.4. The van der Waals surface area contributed by atoms with E-state index in [1.807, 2.05) is 6.92 Å². The van der Waals surface area contributed by atoms with E-state index in [0.717, 1.165) is 0 Å². The molecule has 2 rings (SSSR count). The number of halogens is 1. The molecule has 108 valence electrons. The average Bonchev–Trinajstić information content (AvgIpc) is 2.80. The third-order valence-corrected chi connectivity index (χ3v) is 3.50. The highest BCUT2D eigenvalue weighted by atomic mass is 35.5. The van der Waals surface area contributed by atoms with Crippen LogP contribution >= 0.6 is 11.6 Å². The van der Waals surface area contributed by atoms with E-state index in [4.69, 9.17) is 11.6 Å². The molecule has 2 amide bonds. The number of hydrogen-bond donors (Lipinski definition) is 2. The van der Waals surface area contributed by atoms with E-state index in [1.165, 1.54) is 4.90 Å². The van der Waals surface area contributed by atoms with Gasteiger partial charge in [0, 0.05) is 30.1 Å². The van der Waals surface area contributed by atoms with Crippen molar-refractivity contribution in [2.45, 2.75) is 25.5 Å². The van der Waals surface area contributed by atoms with Gasteiger partial charge >= 0.3 is 0 Å². The number of amides is 2. The van der Waals surface area contributed by atoms with Gasteiger partial charge in [-0.05, 0) is 25.1 Å². The van der Waals surface area contributed by atoms with Gasteiger partial charge in [0.15, 0.2) is 0 Å². The first kappa shape index (κ1) is 14.8. The first-order valence-electron chi connectivity index (χ1n) is 6.55. The SMILES string of the molecule is CCNC(=O)C1CC(O)CN1C(=O)c1cccc(Cl)c1. The van der Waals surface area contributed by atoms with Gasteiger partial charge in [-0.15, -0.1) is 0 Å². The van der Waals surface area contributed by atoms with Crippen LogP contribution in [0.1, 0.15) is 23.7 Å². The molecule has 2 unspecified atom stereocenters. The highest BCUT2D eigenvalue weighted by molar-refractivity contribution is 6.31. The minimum Gasteiger partial charge on any atom is -0.391 e. The molecule has 1 fully saturated rings. The van der Waals surface area contributed by atoms with Gasteiger partial charge in [-0.3, -0.25) is 9.59 Å². The fourth-order valence-corrected chi connectivity index (χ4v) is 2.56. The van der Waals surface area contributed by atoms with Gasteiger partial charge in [-0.2, -0.15) is 0 Å². The second-order valence-electron chi connectivity index (χ2n) is 4.77. The Hall–Kier alpha value is -1.59. The van der Waals surface area contributed by atoms with Crippen molar-refractivity contribution in [3.05, 3.63) is 34.9 Å². The summed E-state index contributed by atoms with van der Waals surface area (Å²) in [6, 6.07) is 5.94. The molecule has 1 aliphatic rings. The minimum absolute atomic E-state index is 0.160. The monoisotopic (exact) mass is 296 g/mol. The predicted molar refractivity (Wildman–Crippen MR) is 75.6 cm³/mol. The van der Waals surface area contributed by atoms with Crippen LogP contribution in [0.3, 0.4) is 0 Å². The number of carbonyl (C=O) groups is 2. The van der Waals surface area contributed by atoms with Crippen molar-refractivity contribution in [1.29, 1.82) is 0 Å². The lowest BCUT2D eigenvalue weighted by Crippen LogP contribution is -2.45. The molecule has 6 heteroatoms. The third kappa shape index (κ3) is 3.11. The van der Waals surface area contributed by atoms with Gasteiger partial charge in [0.2, 0.25) is 5.91 Å². The molecule has 1 heterocycles. The minimum atomic E-state index is -0.675. The number of benzene rings is 1. The standard InChI is InChI=1S/C14H17ClN2O3/c1-2-16-13(19)12-7-11(18)8-17(12)14(20)9-4-3-5-10(15)6-9/h3-6,11-12,18H,2,7-8H2,1H3,(H,16,19). The Morgan fingerprint density at radius 2 is 2.25 bits per heavy atom. The zero-order valence-electron chi connectivity index (χ0n) is 11.2. The van der Waals surface area contributed by atoms with Gasteiger partial charge < -0.3 is 15.3 Å². The van der Waals surface area contributed by atoms with Crippen LogP contribution in [0.4, 0.5) is 0 Å². The number of rotatable bonds is 3. The lowest BCUT2D eigenvalue weighted by atomic mass is 10.1. The highest BCUT2D eigenvalue weighted by Gasteiger charge is 2.38. The van der Waals surface area contributed by atoms with Crippen molar-refractivity contribution in [3.63, 3.8) is 0 Å². The number of likely N-dealkylation sites (tertiary alicyclic amines) is 1. The van der Waals surface area contributed by atoms with E-state index in [-0.39, 0.29) is 24.8 Å². The molecule has 0 aliphatic carbocycles. The van der Waals surface area contributed by atoms with Gasteiger partial charge in [0.1, 0.15) is 6.04 Å². The highest BCUT2D eigenvalue weighted by Crippen LogP contribution is 2.22. The molecule has 20 heavy (non-hydrogen) atoms. The maximum Gasteiger partial charge on any atom is 0.254 e. The van der Waals surface area contributed by atoms with Crippen LogP contribution < -0.4 is 5.32 Å². The fourth-order valence-electron chi connectivity index (χ4n) is 2.37. The summed E-state index contributed by atoms with van der Waals surface area (Å²) >= 11 is 5.87. The van der Waals surface area contributed by atoms with Crippen molar-refractivity contribution in [2.24, 2.45) is 0 Å². The molecule has 1 aliphatic heterocycles. The van der Waals surface area contributed by atoms with Crippen LogP contribution in [-0.2, 0) is 4.79 Å². The number of nitrogens with zero attached hydrogens (tertiary/aromatic N) is 1. The Morgan fingerprint density at radius 3 is 2.90 bits per heavy atom. The zero-order chi connectivity index (χ0) is 14.7. The molecule has 2 N–H and O–H groups in total. The van der Waals surface area contributed by atoms with Crippen molar-refractivity contribution >= 4 is 23.4 Å². The quantitative estimate of drug-likeness (QED) is 0.876. The summed E-state index contributed by atoms with van der Waals surface area (Å²) in [4.78, 5) is 25.8. The third-order valence-electron chi connectivity index (χ3n) is 3.27. The Bertz CT molecular complexity index is 521. The molecule has 1 aromatic carbocycles. The molecule has 1 saturated heterocycles. The van der Waals surface area contributed by atoms with E-state index in [2.05, 4.69) is 5.32 Å². The van der Waals surface area contributed by atoms with Crippen molar-refractivity contribution in [3.8, 4) is 0 Å². The summed E-state index contributed by atoms with van der Waals surface area (Å²) in [7, 11) is 0. The molecule has 0 bridgehead atoms. The molecule has 0 aromatic heterocycles. The van der Waals surface area contributed by atoms with Crippen LogP contribution in [0.25, 0.3) is 0 Å². The number of aliphatic hydroxyl groups is 1. The lowest BCUT2D eigenvalue weighted by molar-refractivity contribution is -0.124. The summed E-state index contributed by atoms with van der Waals surface area (Å²) in [6.07, 6.45) is -0.413. The normalized spacial score (nSPS) is 21.9. The number of likely N-dealkylation sites (N-methyl/N-ethyl adjacent to an activating group) is 1. The number of β-amino-alcohol motifs (C(OH)–C–C–N with tert-alkyl or cyclic N) is 1. The van der Waals surface area contributed by atoms with E-state index in [1.54, 1.807) is 24.3 Å². The predicted octanol–water partition coefficient (Wildman–Crippen LogP) is 1.05. The van der Waals surface area contributed by atoms with Crippen LogP contribution in [0.5, 0.6) is 0 Å². The van der Waals surface area contributed by atoms with E-state index < -0.39 is 12.1 Å². The Kier molecular flexibility index (Phi) is 4.62. The fraction of sp³-hybridized carbons (Fsp3) is 0.429. The second kappa shape index (κ2) is 6.24. The van der Waals surface area contributed by atoms with Crippen LogP contribution in [0, 0.1) is 0 Å². The van der Waals surface area contributed by atoms with Crippen molar-refractivity contribution in [2.75, 3.05) is 13.1 Å². The molecular formula is C14H17ClN2O3. The van der Waals surface area contributed by atoms with Gasteiger partial charge in [0.25, 0.3) is 5.91 Å². The van der Waals surface area contributed by atoms with Gasteiger partial charge in [0.05, 0.1) is 6.10 Å². The van der Waals surface area contributed by atoms with Crippen LogP contribution in [-0.4, -0.2) is 47.1 Å². The van der Waals surface area contributed by atoms with Crippen molar-refractivity contribution < 1.29 is 14.7 Å². The molecule has 2 atom stereocenters. The first-order chi connectivity index (χ1) is 9.52. The molecule has 0 radical (unpaired) electrons.